The Balaban J connectivity index is 2.00. The average Bonchev–Trinajstić information content (AvgIpc) is 2.76. The normalized spacial score (nSPS) is 13.4. The van der Waals surface area contributed by atoms with Gasteiger partial charge in [-0.3, -0.25) is 0 Å². The molecule has 4 nitrogen and oxygen atoms in total. The fourth-order valence-corrected chi connectivity index (χ4v) is 1.29. The molecular weight excluding hydrogens is 206 g/mol. The van der Waals surface area contributed by atoms with Crippen molar-refractivity contribution in [1.82, 2.24) is 5.32 Å². The van der Waals surface area contributed by atoms with Gasteiger partial charge in [-0.25, -0.2) is 0 Å². The Kier molecular flexibility index (Phi) is 6.56. The molecule has 16 heavy (non-hydrogen) atoms. The molecule has 0 bridgehead atoms. The zero-order chi connectivity index (χ0) is 11.6. The number of hydrogen-bond acceptors (Lipinski definition) is 4. The first-order chi connectivity index (χ1) is 7.83. The molecule has 0 saturated heterocycles. The Morgan fingerprint density at radius 2 is 2.50 bits per heavy atom. The Hall–Kier alpha value is -1.10. The summed E-state index contributed by atoms with van der Waals surface area (Å²) in [4.78, 5) is 0. The second-order valence-corrected chi connectivity index (χ2v) is 3.52. The summed E-state index contributed by atoms with van der Waals surface area (Å²) in [5.41, 5.74) is 0. The lowest BCUT2D eigenvalue weighted by Gasteiger charge is -2.08. The lowest BCUT2D eigenvalue weighted by molar-refractivity contribution is 0.0596. The van der Waals surface area contributed by atoms with Crippen LogP contribution >= 0.6 is 0 Å². The third-order valence-corrected chi connectivity index (χ3v) is 2.10. The SMILES string of the molecule is COCC(O)CCNC/C=C/c1ccco1. The van der Waals surface area contributed by atoms with Crippen molar-refractivity contribution in [1.29, 1.82) is 0 Å². The van der Waals surface area contributed by atoms with Crippen molar-refractivity contribution in [3.05, 3.63) is 30.2 Å². The third-order valence-electron chi connectivity index (χ3n) is 2.10. The number of ether oxygens (including phenoxy) is 1. The monoisotopic (exact) mass is 225 g/mol. The van der Waals surface area contributed by atoms with Gasteiger partial charge in [-0.05, 0) is 31.2 Å². The van der Waals surface area contributed by atoms with Gasteiger partial charge in [-0.1, -0.05) is 6.08 Å². The largest absolute Gasteiger partial charge is 0.465 e. The number of rotatable bonds is 8. The van der Waals surface area contributed by atoms with Crippen molar-refractivity contribution in [2.24, 2.45) is 0 Å². The van der Waals surface area contributed by atoms with E-state index in [0.717, 1.165) is 18.8 Å². The van der Waals surface area contributed by atoms with Crippen LogP contribution in [0.1, 0.15) is 12.2 Å². The van der Waals surface area contributed by atoms with E-state index in [9.17, 15) is 5.11 Å². The van der Waals surface area contributed by atoms with Gasteiger partial charge in [0.15, 0.2) is 0 Å². The van der Waals surface area contributed by atoms with Crippen LogP contribution in [0.2, 0.25) is 0 Å². The quantitative estimate of drug-likeness (QED) is 0.654. The van der Waals surface area contributed by atoms with Gasteiger partial charge in [0.05, 0.1) is 19.0 Å². The fourth-order valence-electron chi connectivity index (χ4n) is 1.29. The third kappa shape index (κ3) is 5.70. The van der Waals surface area contributed by atoms with E-state index >= 15 is 0 Å². The molecule has 1 aromatic heterocycles. The van der Waals surface area contributed by atoms with Crippen molar-refractivity contribution in [2.75, 3.05) is 26.8 Å². The summed E-state index contributed by atoms with van der Waals surface area (Å²) < 4.78 is 9.97. The van der Waals surface area contributed by atoms with Crippen LogP contribution in [-0.2, 0) is 4.74 Å². The Bertz CT molecular complexity index is 282. The standard InChI is InChI=1S/C12H19NO3/c1-15-10-11(14)6-8-13-7-2-4-12-5-3-9-16-12/h2-5,9,11,13-14H,6-8,10H2,1H3/b4-2+. The topological polar surface area (TPSA) is 54.6 Å². The van der Waals surface area contributed by atoms with Crippen LogP contribution < -0.4 is 5.32 Å². The van der Waals surface area contributed by atoms with E-state index in [1.54, 1.807) is 13.4 Å². The number of nitrogens with one attached hydrogen (secondary N) is 1. The maximum Gasteiger partial charge on any atom is 0.126 e. The van der Waals surface area contributed by atoms with Crippen LogP contribution in [0.3, 0.4) is 0 Å². The first-order valence-corrected chi connectivity index (χ1v) is 5.40. The summed E-state index contributed by atoms with van der Waals surface area (Å²) in [6.45, 7) is 1.93. The minimum Gasteiger partial charge on any atom is -0.465 e. The highest BCUT2D eigenvalue weighted by atomic mass is 16.5. The zero-order valence-corrected chi connectivity index (χ0v) is 9.56. The van der Waals surface area contributed by atoms with Gasteiger partial charge in [0.1, 0.15) is 5.76 Å². The fraction of sp³-hybridized carbons (Fsp3) is 0.500. The van der Waals surface area contributed by atoms with Crippen LogP contribution in [0.25, 0.3) is 6.08 Å². The van der Waals surface area contributed by atoms with Crippen molar-refractivity contribution in [3.8, 4) is 0 Å². The van der Waals surface area contributed by atoms with Crippen molar-refractivity contribution in [3.63, 3.8) is 0 Å². The highest BCUT2D eigenvalue weighted by Gasteiger charge is 2.00. The number of aliphatic hydroxyl groups is 1. The molecule has 0 fully saturated rings. The maximum absolute atomic E-state index is 9.36. The summed E-state index contributed by atoms with van der Waals surface area (Å²) in [5, 5.41) is 12.6. The molecule has 0 amide bonds. The molecule has 0 spiro atoms. The number of hydrogen-bond donors (Lipinski definition) is 2. The summed E-state index contributed by atoms with van der Waals surface area (Å²) in [7, 11) is 1.59. The molecule has 1 atom stereocenters. The Labute approximate surface area is 95.9 Å². The van der Waals surface area contributed by atoms with Crippen LogP contribution in [0.5, 0.6) is 0 Å². The molecule has 1 heterocycles. The van der Waals surface area contributed by atoms with Crippen LogP contribution in [0, 0.1) is 0 Å². The molecular formula is C12H19NO3. The van der Waals surface area contributed by atoms with Gasteiger partial charge in [0.25, 0.3) is 0 Å². The molecule has 0 aliphatic carbocycles. The predicted octanol–water partition coefficient (Wildman–Crippen LogP) is 1.28. The molecule has 0 aliphatic heterocycles. The first kappa shape index (κ1) is 13.0. The molecule has 1 rings (SSSR count). The average molecular weight is 225 g/mol. The van der Waals surface area contributed by atoms with Crippen molar-refractivity contribution >= 4 is 6.08 Å². The second kappa shape index (κ2) is 8.10. The van der Waals surface area contributed by atoms with Gasteiger partial charge in [0.2, 0.25) is 0 Å². The van der Waals surface area contributed by atoms with E-state index in [4.69, 9.17) is 9.15 Å². The summed E-state index contributed by atoms with van der Waals surface area (Å²) in [5.74, 6) is 0.848. The van der Waals surface area contributed by atoms with E-state index < -0.39 is 0 Å². The van der Waals surface area contributed by atoms with E-state index in [1.807, 2.05) is 24.3 Å². The van der Waals surface area contributed by atoms with Gasteiger partial charge in [-0.2, -0.15) is 0 Å². The smallest absolute Gasteiger partial charge is 0.126 e. The van der Waals surface area contributed by atoms with E-state index in [0.29, 0.717) is 13.0 Å². The second-order valence-electron chi connectivity index (χ2n) is 3.52. The summed E-state index contributed by atoms with van der Waals surface area (Å²) in [6, 6.07) is 3.76. The molecule has 2 N–H and O–H groups in total. The van der Waals surface area contributed by atoms with Gasteiger partial charge in [-0.15, -0.1) is 0 Å². The minimum absolute atomic E-state index is 0.383. The molecule has 90 valence electrons. The maximum atomic E-state index is 9.36. The Morgan fingerprint density at radius 3 is 3.19 bits per heavy atom. The van der Waals surface area contributed by atoms with E-state index in [1.165, 1.54) is 0 Å². The van der Waals surface area contributed by atoms with Gasteiger partial charge < -0.3 is 19.6 Å². The molecule has 0 aliphatic rings. The molecule has 1 unspecified atom stereocenters. The lowest BCUT2D eigenvalue weighted by atomic mass is 10.2. The molecule has 0 radical (unpaired) electrons. The summed E-state index contributed by atoms with van der Waals surface area (Å²) >= 11 is 0. The van der Waals surface area contributed by atoms with E-state index in [2.05, 4.69) is 5.32 Å². The zero-order valence-electron chi connectivity index (χ0n) is 9.56. The molecule has 4 heteroatoms. The lowest BCUT2D eigenvalue weighted by Crippen LogP contribution is -2.23. The number of furan rings is 1. The first-order valence-electron chi connectivity index (χ1n) is 5.40. The van der Waals surface area contributed by atoms with Crippen LogP contribution in [0.15, 0.2) is 28.9 Å². The van der Waals surface area contributed by atoms with Crippen LogP contribution in [-0.4, -0.2) is 38.0 Å². The highest BCUT2D eigenvalue weighted by Crippen LogP contribution is 2.01. The number of aliphatic hydroxyl groups excluding tert-OH is 1. The molecule has 0 aromatic carbocycles. The highest BCUT2D eigenvalue weighted by molar-refractivity contribution is 5.42. The molecule has 1 aromatic rings. The van der Waals surface area contributed by atoms with Crippen LogP contribution in [0.4, 0.5) is 0 Å². The van der Waals surface area contributed by atoms with Crippen molar-refractivity contribution in [2.45, 2.75) is 12.5 Å². The summed E-state index contributed by atoms with van der Waals surface area (Å²) in [6.07, 6.45) is 5.86. The molecule has 0 saturated carbocycles. The Morgan fingerprint density at radius 1 is 1.62 bits per heavy atom. The van der Waals surface area contributed by atoms with Gasteiger partial charge >= 0.3 is 0 Å². The van der Waals surface area contributed by atoms with Gasteiger partial charge in [0, 0.05) is 13.7 Å². The predicted molar refractivity (Wildman–Crippen MR) is 63.1 cm³/mol. The van der Waals surface area contributed by atoms with E-state index in [-0.39, 0.29) is 6.10 Å². The minimum atomic E-state index is -0.383. The number of methoxy groups -OCH3 is 1. The van der Waals surface area contributed by atoms with Crippen molar-refractivity contribution < 1.29 is 14.3 Å².